The van der Waals surface area contributed by atoms with Crippen molar-refractivity contribution in [2.75, 3.05) is 6.54 Å². The van der Waals surface area contributed by atoms with Crippen molar-refractivity contribution in [3.8, 4) is 5.75 Å². The summed E-state index contributed by atoms with van der Waals surface area (Å²) < 4.78 is 11.8. The highest BCUT2D eigenvalue weighted by atomic mass is 16.6. The smallest absolute Gasteiger partial charge is 0.435 e. The SMILES string of the molecule is CC1(NC(=O)C(CNC(=O)OC(C)(C)C)c2ccc(O)cc2)C=CC(c2cnn(C(=O)OC(C)(C)C)c2)=CC1. The van der Waals surface area contributed by atoms with E-state index in [9.17, 15) is 19.5 Å². The Morgan fingerprint density at radius 3 is 2.28 bits per heavy atom. The molecule has 10 nitrogen and oxygen atoms in total. The fraction of sp³-hybridized carbons (Fsp3) is 0.448. The topological polar surface area (TPSA) is 132 Å². The van der Waals surface area contributed by atoms with Gasteiger partial charge >= 0.3 is 12.2 Å². The number of rotatable bonds is 6. The summed E-state index contributed by atoms with van der Waals surface area (Å²) in [4.78, 5) is 38.0. The summed E-state index contributed by atoms with van der Waals surface area (Å²) in [7, 11) is 0. The number of phenols is 1. The highest BCUT2D eigenvalue weighted by Gasteiger charge is 2.31. The van der Waals surface area contributed by atoms with E-state index < -0.39 is 34.8 Å². The van der Waals surface area contributed by atoms with Crippen LogP contribution in [0.25, 0.3) is 5.57 Å². The average Bonchev–Trinajstić information content (AvgIpc) is 3.29. The summed E-state index contributed by atoms with van der Waals surface area (Å²) in [6, 6.07) is 6.29. The number of carbonyl (C=O) groups is 3. The number of benzene rings is 1. The molecule has 2 aromatic rings. The summed E-state index contributed by atoms with van der Waals surface area (Å²) in [5.74, 6) is -0.938. The van der Waals surface area contributed by atoms with Crippen LogP contribution in [-0.2, 0) is 14.3 Å². The first-order valence-electron chi connectivity index (χ1n) is 12.8. The molecular weight excluding hydrogens is 500 g/mol. The van der Waals surface area contributed by atoms with Gasteiger partial charge in [-0.05, 0) is 78.2 Å². The normalized spacial score (nSPS) is 18.1. The van der Waals surface area contributed by atoms with Crippen molar-refractivity contribution >= 4 is 23.7 Å². The lowest BCUT2D eigenvalue weighted by Gasteiger charge is -2.31. The number of hydrogen-bond acceptors (Lipinski definition) is 7. The van der Waals surface area contributed by atoms with Crippen LogP contribution < -0.4 is 10.6 Å². The molecule has 1 aliphatic carbocycles. The van der Waals surface area contributed by atoms with Crippen LogP contribution in [0.1, 0.15) is 71.9 Å². The van der Waals surface area contributed by atoms with Crippen molar-refractivity contribution in [2.24, 2.45) is 0 Å². The lowest BCUT2D eigenvalue weighted by molar-refractivity contribution is -0.123. The molecule has 0 radical (unpaired) electrons. The summed E-state index contributed by atoms with van der Waals surface area (Å²) in [6.45, 7) is 12.6. The number of phenolic OH excluding ortho intramolecular Hbond substituents is 1. The third-order valence-corrected chi connectivity index (χ3v) is 5.74. The van der Waals surface area contributed by atoms with Gasteiger partial charge in [0.05, 0.1) is 17.7 Å². The van der Waals surface area contributed by atoms with E-state index in [-0.39, 0.29) is 18.2 Å². The van der Waals surface area contributed by atoms with E-state index in [1.54, 1.807) is 66.1 Å². The first-order valence-corrected chi connectivity index (χ1v) is 12.8. The standard InChI is InChI=1S/C29H38N4O6/c1-27(2,3)38-25(36)30-17-23(20-8-10-22(34)11-9-20)24(35)32-29(7)14-12-19(13-15-29)21-16-31-33(18-21)26(37)39-28(4,5)6/h8-14,16,18,23,34H,15,17H2,1-7H3,(H,30,36)(H,32,35). The van der Waals surface area contributed by atoms with E-state index in [4.69, 9.17) is 9.47 Å². The number of aromatic hydroxyl groups is 1. The summed E-state index contributed by atoms with van der Waals surface area (Å²) >= 11 is 0. The molecule has 2 atom stereocenters. The number of alkyl carbamates (subject to hydrolysis) is 1. The Kier molecular flexibility index (Phi) is 8.58. The number of nitrogens with zero attached hydrogens (tertiary/aromatic N) is 2. The molecule has 0 bridgehead atoms. The minimum absolute atomic E-state index is 0.0102. The van der Waals surface area contributed by atoms with Gasteiger partial charge in [0.15, 0.2) is 0 Å². The molecule has 2 unspecified atom stereocenters. The Hall–Kier alpha value is -4.08. The quantitative estimate of drug-likeness (QED) is 0.477. The van der Waals surface area contributed by atoms with Gasteiger partial charge < -0.3 is 25.2 Å². The number of allylic oxidation sites excluding steroid dienone is 2. The van der Waals surface area contributed by atoms with E-state index in [0.29, 0.717) is 12.0 Å². The lowest BCUT2D eigenvalue weighted by atomic mass is 9.87. The molecule has 3 rings (SSSR count). The first-order chi connectivity index (χ1) is 18.0. The molecular formula is C29H38N4O6. The molecule has 1 aliphatic rings. The van der Waals surface area contributed by atoms with E-state index in [1.165, 1.54) is 12.1 Å². The predicted molar refractivity (Wildman–Crippen MR) is 147 cm³/mol. The minimum Gasteiger partial charge on any atom is -0.508 e. The zero-order chi connectivity index (χ0) is 29.0. The number of amides is 2. The van der Waals surface area contributed by atoms with E-state index in [2.05, 4.69) is 15.7 Å². The lowest BCUT2D eigenvalue weighted by Crippen LogP contribution is -2.48. The van der Waals surface area contributed by atoms with Crippen LogP contribution in [0.2, 0.25) is 0 Å². The van der Waals surface area contributed by atoms with Crippen LogP contribution in [0.5, 0.6) is 5.75 Å². The van der Waals surface area contributed by atoms with Gasteiger partial charge in [-0.25, -0.2) is 9.59 Å². The zero-order valence-corrected chi connectivity index (χ0v) is 23.6. The van der Waals surface area contributed by atoms with Gasteiger partial charge in [0.2, 0.25) is 5.91 Å². The van der Waals surface area contributed by atoms with Crippen LogP contribution in [0.4, 0.5) is 9.59 Å². The highest BCUT2D eigenvalue weighted by Crippen LogP contribution is 2.28. The molecule has 3 N–H and O–H groups in total. The Bertz CT molecular complexity index is 1260. The van der Waals surface area contributed by atoms with Gasteiger partial charge in [0.1, 0.15) is 17.0 Å². The zero-order valence-electron chi connectivity index (χ0n) is 23.6. The van der Waals surface area contributed by atoms with Gasteiger partial charge in [-0.2, -0.15) is 9.78 Å². The Labute approximate surface area is 229 Å². The maximum absolute atomic E-state index is 13.5. The highest BCUT2D eigenvalue weighted by molar-refractivity contribution is 5.86. The van der Waals surface area contributed by atoms with Gasteiger partial charge in [0, 0.05) is 18.3 Å². The average molecular weight is 539 g/mol. The minimum atomic E-state index is -0.721. The summed E-state index contributed by atoms with van der Waals surface area (Å²) in [5.41, 5.74) is 0.243. The molecule has 2 amide bonds. The Balaban J connectivity index is 1.70. The van der Waals surface area contributed by atoms with Gasteiger partial charge in [0.25, 0.3) is 0 Å². The van der Waals surface area contributed by atoms with Gasteiger partial charge in [-0.15, -0.1) is 0 Å². The van der Waals surface area contributed by atoms with E-state index >= 15 is 0 Å². The van der Waals surface area contributed by atoms with E-state index in [0.717, 1.165) is 15.8 Å². The largest absolute Gasteiger partial charge is 0.508 e. The third kappa shape index (κ3) is 8.73. The second-order valence-corrected chi connectivity index (χ2v) is 11.8. The van der Waals surface area contributed by atoms with Gasteiger partial charge in [-0.1, -0.05) is 30.4 Å². The van der Waals surface area contributed by atoms with Crippen LogP contribution in [-0.4, -0.2) is 56.3 Å². The molecule has 10 heteroatoms. The number of nitrogens with one attached hydrogen (secondary N) is 2. The molecule has 1 aromatic carbocycles. The van der Waals surface area contributed by atoms with Crippen molar-refractivity contribution in [1.29, 1.82) is 0 Å². The fourth-order valence-corrected chi connectivity index (χ4v) is 3.86. The molecule has 210 valence electrons. The van der Waals surface area contributed by atoms with Crippen LogP contribution in [0.3, 0.4) is 0 Å². The second kappa shape index (κ2) is 11.3. The number of hydrogen-bond donors (Lipinski definition) is 3. The summed E-state index contributed by atoms with van der Waals surface area (Å²) in [5, 5.41) is 19.6. The maximum atomic E-state index is 13.5. The monoisotopic (exact) mass is 538 g/mol. The number of aromatic nitrogens is 2. The molecule has 1 heterocycles. The maximum Gasteiger partial charge on any atom is 0.435 e. The first kappa shape index (κ1) is 29.5. The fourth-order valence-electron chi connectivity index (χ4n) is 3.86. The van der Waals surface area contributed by atoms with Crippen molar-refractivity contribution in [3.63, 3.8) is 0 Å². The van der Waals surface area contributed by atoms with Crippen molar-refractivity contribution < 1.29 is 29.0 Å². The molecule has 0 spiro atoms. The van der Waals surface area contributed by atoms with Crippen molar-refractivity contribution in [3.05, 3.63) is 66.0 Å². The molecule has 39 heavy (non-hydrogen) atoms. The Morgan fingerprint density at radius 2 is 1.72 bits per heavy atom. The van der Waals surface area contributed by atoms with Gasteiger partial charge in [-0.3, -0.25) is 4.79 Å². The molecule has 0 saturated heterocycles. The predicted octanol–water partition coefficient (Wildman–Crippen LogP) is 4.90. The van der Waals surface area contributed by atoms with Crippen LogP contribution in [0.15, 0.2) is 54.9 Å². The second-order valence-electron chi connectivity index (χ2n) is 11.8. The van der Waals surface area contributed by atoms with Crippen molar-refractivity contribution in [1.82, 2.24) is 20.4 Å². The summed E-state index contributed by atoms with van der Waals surface area (Å²) in [6.07, 6.45) is 8.22. The number of carbonyl (C=O) groups excluding carboxylic acids is 3. The molecule has 0 saturated carbocycles. The molecule has 0 aliphatic heterocycles. The Morgan fingerprint density at radius 1 is 1.08 bits per heavy atom. The van der Waals surface area contributed by atoms with Crippen molar-refractivity contribution in [2.45, 2.75) is 77.5 Å². The third-order valence-electron chi connectivity index (χ3n) is 5.74. The number of ether oxygens (including phenoxy) is 2. The molecule has 1 aromatic heterocycles. The van der Waals surface area contributed by atoms with Crippen LogP contribution >= 0.6 is 0 Å². The molecule has 0 fully saturated rings. The van der Waals surface area contributed by atoms with Crippen LogP contribution in [0, 0.1) is 0 Å². The van der Waals surface area contributed by atoms with E-state index in [1.807, 2.05) is 25.2 Å².